The number of rotatable bonds is 4. The summed E-state index contributed by atoms with van der Waals surface area (Å²) in [6.07, 6.45) is 0. The Bertz CT molecular complexity index is 872. The van der Waals surface area contributed by atoms with E-state index in [-0.39, 0.29) is 17.3 Å². The van der Waals surface area contributed by atoms with E-state index < -0.39 is 0 Å². The van der Waals surface area contributed by atoms with Gasteiger partial charge in [-0.2, -0.15) is 5.10 Å². The van der Waals surface area contributed by atoms with Crippen LogP contribution in [0.1, 0.15) is 52.9 Å². The van der Waals surface area contributed by atoms with Gasteiger partial charge in [-0.15, -0.1) is 0 Å². The predicted octanol–water partition coefficient (Wildman–Crippen LogP) is 2.46. The van der Waals surface area contributed by atoms with E-state index in [0.717, 1.165) is 30.9 Å². The lowest BCUT2D eigenvalue weighted by Crippen LogP contribution is -2.48. The average molecular weight is 399 g/mol. The quantitative estimate of drug-likeness (QED) is 0.740. The third-order valence-electron chi connectivity index (χ3n) is 5.31. The van der Waals surface area contributed by atoms with E-state index in [1.165, 1.54) is 7.11 Å². The zero-order valence-corrected chi connectivity index (χ0v) is 17.9. The predicted molar refractivity (Wildman–Crippen MR) is 111 cm³/mol. The van der Waals surface area contributed by atoms with Crippen molar-refractivity contribution in [1.29, 1.82) is 0 Å². The van der Waals surface area contributed by atoms with E-state index in [9.17, 15) is 9.59 Å². The van der Waals surface area contributed by atoms with Gasteiger partial charge in [0.2, 0.25) is 0 Å². The molecule has 1 aliphatic rings. The van der Waals surface area contributed by atoms with Gasteiger partial charge in [-0.1, -0.05) is 32.9 Å². The van der Waals surface area contributed by atoms with E-state index in [2.05, 4.69) is 30.8 Å². The van der Waals surface area contributed by atoms with Crippen molar-refractivity contribution < 1.29 is 14.3 Å². The zero-order chi connectivity index (χ0) is 21.2. The molecule has 1 aromatic carbocycles. The first kappa shape index (κ1) is 21.0. The first-order valence-corrected chi connectivity index (χ1v) is 9.92. The number of nitrogens with zero attached hydrogens (tertiary/aromatic N) is 4. The second-order valence-corrected chi connectivity index (χ2v) is 8.55. The number of carbonyl (C=O) groups excluding carboxylic acids is 2. The summed E-state index contributed by atoms with van der Waals surface area (Å²) in [6.45, 7) is 10.1. The Morgan fingerprint density at radius 3 is 2.21 bits per heavy atom. The Kier molecular flexibility index (Phi) is 6.07. The van der Waals surface area contributed by atoms with E-state index in [1.807, 2.05) is 30.1 Å². The van der Waals surface area contributed by atoms with Crippen molar-refractivity contribution in [2.75, 3.05) is 33.3 Å². The Labute approximate surface area is 172 Å². The third kappa shape index (κ3) is 4.85. The summed E-state index contributed by atoms with van der Waals surface area (Å²) in [4.78, 5) is 28.7. The van der Waals surface area contributed by atoms with Gasteiger partial charge in [0.25, 0.3) is 5.91 Å². The van der Waals surface area contributed by atoms with Crippen molar-refractivity contribution in [1.82, 2.24) is 19.6 Å². The number of piperazine rings is 1. The molecule has 2 heterocycles. The molecule has 0 bridgehead atoms. The van der Waals surface area contributed by atoms with Crippen LogP contribution in [0.3, 0.4) is 0 Å². The Hall–Kier alpha value is -2.67. The fourth-order valence-corrected chi connectivity index (χ4v) is 3.43. The van der Waals surface area contributed by atoms with Crippen LogP contribution < -0.4 is 0 Å². The van der Waals surface area contributed by atoms with E-state index in [0.29, 0.717) is 24.3 Å². The summed E-state index contributed by atoms with van der Waals surface area (Å²) in [5.41, 5.74) is 3.17. The van der Waals surface area contributed by atoms with Crippen LogP contribution in [0.2, 0.25) is 0 Å². The van der Waals surface area contributed by atoms with Gasteiger partial charge in [0, 0.05) is 45.2 Å². The molecule has 1 aromatic heterocycles. The number of ether oxygens (including phenoxy) is 1. The van der Waals surface area contributed by atoms with Gasteiger partial charge in [-0.05, 0) is 23.8 Å². The lowest BCUT2D eigenvalue weighted by atomic mass is 9.92. The van der Waals surface area contributed by atoms with Gasteiger partial charge < -0.3 is 9.64 Å². The largest absolute Gasteiger partial charge is 0.465 e. The molecule has 1 fully saturated rings. The van der Waals surface area contributed by atoms with Crippen LogP contribution in [0.25, 0.3) is 0 Å². The summed E-state index contributed by atoms with van der Waals surface area (Å²) in [7, 11) is 3.21. The molecule has 1 amide bonds. The minimum Gasteiger partial charge on any atom is -0.465 e. The summed E-state index contributed by atoms with van der Waals surface area (Å²) >= 11 is 0. The first-order chi connectivity index (χ1) is 13.7. The number of carbonyl (C=O) groups is 2. The van der Waals surface area contributed by atoms with Gasteiger partial charge in [-0.25, -0.2) is 4.79 Å². The molecule has 0 saturated carbocycles. The van der Waals surface area contributed by atoms with Crippen molar-refractivity contribution in [2.24, 2.45) is 7.05 Å². The summed E-state index contributed by atoms with van der Waals surface area (Å²) in [5, 5.41) is 4.52. The highest BCUT2D eigenvalue weighted by Gasteiger charge is 2.27. The third-order valence-corrected chi connectivity index (χ3v) is 5.31. The maximum atomic E-state index is 13.0. The van der Waals surface area contributed by atoms with Crippen molar-refractivity contribution in [3.05, 3.63) is 52.8 Å². The maximum absolute atomic E-state index is 13.0. The zero-order valence-electron chi connectivity index (χ0n) is 17.9. The molecule has 1 aliphatic heterocycles. The first-order valence-electron chi connectivity index (χ1n) is 9.92. The van der Waals surface area contributed by atoms with Crippen molar-refractivity contribution >= 4 is 11.9 Å². The number of methoxy groups -OCH3 is 1. The minimum absolute atomic E-state index is 0.0394. The van der Waals surface area contributed by atoms with Gasteiger partial charge in [0.05, 0.1) is 18.4 Å². The van der Waals surface area contributed by atoms with E-state index in [4.69, 9.17) is 4.74 Å². The average Bonchev–Trinajstić information content (AvgIpc) is 3.10. The van der Waals surface area contributed by atoms with Crippen LogP contribution in [0, 0.1) is 0 Å². The molecule has 2 aromatic rings. The molecule has 0 unspecified atom stereocenters. The van der Waals surface area contributed by atoms with E-state index in [1.54, 1.807) is 16.8 Å². The molecule has 0 spiro atoms. The summed E-state index contributed by atoms with van der Waals surface area (Å²) in [5.74, 6) is -0.286. The van der Waals surface area contributed by atoms with Crippen LogP contribution in [-0.4, -0.2) is 64.7 Å². The Morgan fingerprint density at radius 1 is 1.07 bits per heavy atom. The van der Waals surface area contributed by atoms with Crippen LogP contribution in [0.5, 0.6) is 0 Å². The van der Waals surface area contributed by atoms with Crippen molar-refractivity contribution in [3.8, 4) is 0 Å². The van der Waals surface area contributed by atoms with E-state index >= 15 is 0 Å². The molecular formula is C22H30N4O3. The highest BCUT2D eigenvalue weighted by atomic mass is 16.5. The van der Waals surface area contributed by atoms with Crippen LogP contribution in [0.4, 0.5) is 0 Å². The number of aryl methyl sites for hydroxylation is 1. The number of benzene rings is 1. The van der Waals surface area contributed by atoms with Crippen molar-refractivity contribution in [2.45, 2.75) is 32.7 Å². The molecule has 7 heteroatoms. The molecule has 3 rings (SSSR count). The molecule has 7 nitrogen and oxygen atoms in total. The summed E-state index contributed by atoms with van der Waals surface area (Å²) in [6, 6.07) is 9.39. The molecule has 0 N–H and O–H groups in total. The Balaban J connectivity index is 1.57. The van der Waals surface area contributed by atoms with Crippen LogP contribution in [0.15, 0.2) is 30.3 Å². The molecular weight excluding hydrogens is 368 g/mol. The number of aromatic nitrogens is 2. The highest BCUT2D eigenvalue weighted by Crippen LogP contribution is 2.22. The minimum atomic E-state index is -0.326. The smallest absolute Gasteiger partial charge is 0.337 e. The molecule has 29 heavy (non-hydrogen) atoms. The van der Waals surface area contributed by atoms with Crippen molar-refractivity contribution in [3.63, 3.8) is 0 Å². The topological polar surface area (TPSA) is 67.7 Å². The van der Waals surface area contributed by atoms with Gasteiger partial charge in [0.1, 0.15) is 5.69 Å². The normalized spacial score (nSPS) is 15.4. The molecule has 0 atom stereocenters. The van der Waals surface area contributed by atoms with Gasteiger partial charge in [0.15, 0.2) is 0 Å². The second kappa shape index (κ2) is 8.37. The lowest BCUT2D eigenvalue weighted by molar-refractivity contribution is 0.0599. The number of hydrogen-bond acceptors (Lipinski definition) is 5. The SMILES string of the molecule is COC(=O)c1ccc(CN2CCN(C(=O)c3cc(C(C)(C)C)nn3C)CC2)cc1. The standard InChI is InChI=1S/C22H30N4O3/c1-22(2,3)19-14-18(24(4)23-19)20(27)26-12-10-25(11-13-26)15-16-6-8-17(9-7-16)21(28)29-5/h6-9,14H,10-13,15H2,1-5H3. The van der Waals surface area contributed by atoms with Crippen LogP contribution in [-0.2, 0) is 23.7 Å². The number of hydrogen-bond donors (Lipinski definition) is 0. The monoisotopic (exact) mass is 398 g/mol. The highest BCUT2D eigenvalue weighted by molar-refractivity contribution is 5.93. The molecule has 156 valence electrons. The van der Waals surface area contributed by atoms with Gasteiger partial charge in [-0.3, -0.25) is 14.4 Å². The fourth-order valence-electron chi connectivity index (χ4n) is 3.43. The van der Waals surface area contributed by atoms with Crippen LogP contribution >= 0.6 is 0 Å². The Morgan fingerprint density at radius 2 is 1.69 bits per heavy atom. The maximum Gasteiger partial charge on any atom is 0.337 e. The summed E-state index contributed by atoms with van der Waals surface area (Å²) < 4.78 is 6.42. The lowest BCUT2D eigenvalue weighted by Gasteiger charge is -2.34. The number of esters is 1. The fraction of sp³-hybridized carbons (Fsp3) is 0.500. The molecule has 1 saturated heterocycles. The van der Waals surface area contributed by atoms with Gasteiger partial charge >= 0.3 is 5.97 Å². The second-order valence-electron chi connectivity index (χ2n) is 8.55. The number of amides is 1. The molecule has 0 aliphatic carbocycles. The molecule has 0 radical (unpaired) electrons.